The van der Waals surface area contributed by atoms with Crippen LogP contribution in [0.3, 0.4) is 0 Å². The molecule has 1 aromatic rings. The number of aryl methyl sites for hydroxylation is 1. The summed E-state index contributed by atoms with van der Waals surface area (Å²) in [5.74, 6) is -0.833. The number of hydrogen-bond acceptors (Lipinski definition) is 1. The van der Waals surface area contributed by atoms with Crippen molar-refractivity contribution in [1.82, 2.24) is 0 Å². The summed E-state index contributed by atoms with van der Waals surface area (Å²) in [6.07, 6.45) is 2.39. The minimum absolute atomic E-state index is 0.833. The van der Waals surface area contributed by atoms with Gasteiger partial charge in [0.05, 0.1) is 0 Å². The van der Waals surface area contributed by atoms with E-state index in [0.717, 1.165) is 13.3 Å². The van der Waals surface area contributed by atoms with E-state index in [9.17, 15) is 0 Å². The van der Waals surface area contributed by atoms with Crippen molar-refractivity contribution in [3.8, 4) is 0 Å². The van der Waals surface area contributed by atoms with Gasteiger partial charge in [-0.1, -0.05) is 57.5 Å². The number of carboxylic acids is 1. The summed E-state index contributed by atoms with van der Waals surface area (Å²) in [6, 6.07) is 10.5. The Bertz CT molecular complexity index is 226. The SMILES string of the molecule is CC(=O)O.CCC.CCc1ccccc1. The highest BCUT2D eigenvalue weighted by atomic mass is 16.4. The Balaban J connectivity index is 0. The van der Waals surface area contributed by atoms with E-state index in [-0.39, 0.29) is 0 Å². The standard InChI is InChI=1S/C8H10.C3H8.C2H4O2/c1-2-8-6-4-3-5-7-8;1-3-2;1-2(3)4/h3-7H,2H2,1H3;3H2,1-2H3;1H3,(H,3,4). The predicted molar refractivity (Wildman–Crippen MR) is 65.1 cm³/mol. The number of hydrogen-bond donors (Lipinski definition) is 1. The van der Waals surface area contributed by atoms with Gasteiger partial charge in [-0.25, -0.2) is 0 Å². The lowest BCUT2D eigenvalue weighted by molar-refractivity contribution is -0.134. The van der Waals surface area contributed by atoms with Crippen molar-refractivity contribution in [3.05, 3.63) is 35.9 Å². The van der Waals surface area contributed by atoms with Gasteiger partial charge in [0, 0.05) is 6.92 Å². The van der Waals surface area contributed by atoms with Gasteiger partial charge in [0.25, 0.3) is 5.97 Å². The molecule has 0 radical (unpaired) electrons. The molecule has 15 heavy (non-hydrogen) atoms. The van der Waals surface area contributed by atoms with Gasteiger partial charge in [0.2, 0.25) is 0 Å². The lowest BCUT2D eigenvalue weighted by Crippen LogP contribution is -1.78. The molecule has 1 rings (SSSR count). The molecule has 86 valence electrons. The van der Waals surface area contributed by atoms with Crippen molar-refractivity contribution < 1.29 is 9.90 Å². The Morgan fingerprint density at radius 3 is 1.67 bits per heavy atom. The molecule has 0 atom stereocenters. The van der Waals surface area contributed by atoms with Crippen LogP contribution < -0.4 is 0 Å². The molecule has 0 fully saturated rings. The molecule has 2 nitrogen and oxygen atoms in total. The van der Waals surface area contributed by atoms with E-state index in [1.807, 2.05) is 6.07 Å². The molecule has 0 bridgehead atoms. The van der Waals surface area contributed by atoms with Crippen LogP contribution in [-0.4, -0.2) is 11.1 Å². The molecule has 1 N–H and O–H groups in total. The lowest BCUT2D eigenvalue weighted by atomic mass is 10.2. The van der Waals surface area contributed by atoms with Gasteiger partial charge >= 0.3 is 0 Å². The fourth-order valence-corrected chi connectivity index (χ4v) is 0.714. The van der Waals surface area contributed by atoms with Crippen LogP contribution in [0.5, 0.6) is 0 Å². The van der Waals surface area contributed by atoms with Gasteiger partial charge < -0.3 is 5.11 Å². The van der Waals surface area contributed by atoms with Gasteiger partial charge in [0.1, 0.15) is 0 Å². The first kappa shape index (κ1) is 16.1. The van der Waals surface area contributed by atoms with Crippen molar-refractivity contribution in [2.45, 2.75) is 40.5 Å². The molecule has 0 amide bonds. The fraction of sp³-hybridized carbons (Fsp3) is 0.462. The second kappa shape index (κ2) is 12.7. The first-order chi connectivity index (χ1) is 7.08. The maximum Gasteiger partial charge on any atom is 0.300 e. The summed E-state index contributed by atoms with van der Waals surface area (Å²) >= 11 is 0. The molecule has 0 saturated carbocycles. The molecule has 0 unspecified atom stereocenters. The normalized spacial score (nSPS) is 7.73. The average Bonchev–Trinajstić information content (AvgIpc) is 2.19. The Morgan fingerprint density at radius 2 is 1.47 bits per heavy atom. The van der Waals surface area contributed by atoms with Gasteiger partial charge in [0.15, 0.2) is 0 Å². The number of rotatable bonds is 1. The predicted octanol–water partition coefficient (Wildman–Crippen LogP) is 3.76. The molecule has 0 saturated heterocycles. The molecular formula is C13H22O2. The zero-order valence-electron chi connectivity index (χ0n) is 10.2. The molecule has 0 aliphatic rings. The zero-order valence-corrected chi connectivity index (χ0v) is 10.2. The molecule has 2 heteroatoms. The Morgan fingerprint density at radius 1 is 1.13 bits per heavy atom. The quantitative estimate of drug-likeness (QED) is 0.766. The smallest absolute Gasteiger partial charge is 0.300 e. The Hall–Kier alpha value is -1.31. The minimum atomic E-state index is -0.833. The fourth-order valence-electron chi connectivity index (χ4n) is 0.714. The van der Waals surface area contributed by atoms with Crippen LogP contribution in [0.15, 0.2) is 30.3 Å². The average molecular weight is 210 g/mol. The van der Waals surface area contributed by atoms with Crippen LogP contribution >= 0.6 is 0 Å². The highest BCUT2D eigenvalue weighted by molar-refractivity contribution is 5.62. The first-order valence-electron chi connectivity index (χ1n) is 5.31. The Kier molecular flexibility index (Phi) is 13.6. The van der Waals surface area contributed by atoms with E-state index >= 15 is 0 Å². The van der Waals surface area contributed by atoms with Gasteiger partial charge in [-0.3, -0.25) is 4.79 Å². The van der Waals surface area contributed by atoms with E-state index in [0.29, 0.717) is 0 Å². The number of benzene rings is 1. The highest BCUT2D eigenvalue weighted by Crippen LogP contribution is 1.96. The second-order valence-electron chi connectivity index (χ2n) is 3.07. The largest absolute Gasteiger partial charge is 0.481 e. The maximum absolute atomic E-state index is 9.00. The van der Waals surface area contributed by atoms with Crippen LogP contribution in [0, 0.1) is 0 Å². The van der Waals surface area contributed by atoms with E-state index in [1.54, 1.807) is 0 Å². The van der Waals surface area contributed by atoms with E-state index < -0.39 is 5.97 Å². The molecule has 0 aliphatic heterocycles. The second-order valence-corrected chi connectivity index (χ2v) is 3.07. The third-order valence-electron chi connectivity index (χ3n) is 1.25. The monoisotopic (exact) mass is 210 g/mol. The van der Waals surface area contributed by atoms with Crippen LogP contribution in [0.2, 0.25) is 0 Å². The molecule has 1 aromatic carbocycles. The van der Waals surface area contributed by atoms with Crippen molar-refractivity contribution in [2.75, 3.05) is 0 Å². The van der Waals surface area contributed by atoms with Crippen LogP contribution in [0.25, 0.3) is 0 Å². The molecular weight excluding hydrogens is 188 g/mol. The summed E-state index contributed by atoms with van der Waals surface area (Å²) in [7, 11) is 0. The molecule has 0 heterocycles. The van der Waals surface area contributed by atoms with Crippen molar-refractivity contribution in [3.63, 3.8) is 0 Å². The van der Waals surface area contributed by atoms with E-state index in [1.165, 1.54) is 12.0 Å². The summed E-state index contributed by atoms with van der Waals surface area (Å²) in [6.45, 7) is 7.50. The summed E-state index contributed by atoms with van der Waals surface area (Å²) in [5.41, 5.74) is 1.41. The Labute approximate surface area is 93.0 Å². The zero-order chi connectivity index (χ0) is 12.1. The minimum Gasteiger partial charge on any atom is -0.481 e. The topological polar surface area (TPSA) is 37.3 Å². The molecule has 0 aliphatic carbocycles. The van der Waals surface area contributed by atoms with Crippen molar-refractivity contribution >= 4 is 5.97 Å². The molecule has 0 aromatic heterocycles. The van der Waals surface area contributed by atoms with E-state index in [4.69, 9.17) is 9.90 Å². The van der Waals surface area contributed by atoms with Gasteiger partial charge in [-0.15, -0.1) is 0 Å². The number of aliphatic carboxylic acids is 1. The third kappa shape index (κ3) is 19.2. The van der Waals surface area contributed by atoms with Crippen LogP contribution in [0.4, 0.5) is 0 Å². The number of carboxylic acid groups (broad SMARTS) is 1. The maximum atomic E-state index is 9.00. The number of carbonyl (C=O) groups is 1. The van der Waals surface area contributed by atoms with Crippen LogP contribution in [-0.2, 0) is 11.2 Å². The first-order valence-corrected chi connectivity index (χ1v) is 5.31. The van der Waals surface area contributed by atoms with E-state index in [2.05, 4.69) is 45.0 Å². The van der Waals surface area contributed by atoms with Gasteiger partial charge in [-0.2, -0.15) is 0 Å². The van der Waals surface area contributed by atoms with Crippen molar-refractivity contribution in [1.29, 1.82) is 0 Å². The summed E-state index contributed by atoms with van der Waals surface area (Å²) in [5, 5.41) is 7.42. The third-order valence-corrected chi connectivity index (χ3v) is 1.25. The highest BCUT2D eigenvalue weighted by Gasteiger charge is 1.79. The molecule has 0 spiro atoms. The summed E-state index contributed by atoms with van der Waals surface area (Å²) in [4.78, 5) is 9.00. The lowest BCUT2D eigenvalue weighted by Gasteiger charge is -1.89. The van der Waals surface area contributed by atoms with Gasteiger partial charge in [-0.05, 0) is 12.0 Å². The summed E-state index contributed by atoms with van der Waals surface area (Å²) < 4.78 is 0. The van der Waals surface area contributed by atoms with Crippen molar-refractivity contribution in [2.24, 2.45) is 0 Å². The van der Waals surface area contributed by atoms with Crippen LogP contribution in [0.1, 0.15) is 39.7 Å².